The van der Waals surface area contributed by atoms with E-state index in [1.165, 1.54) is 6.42 Å². The molecule has 2 unspecified atom stereocenters. The van der Waals surface area contributed by atoms with Crippen LogP contribution in [0.4, 0.5) is 0 Å². The number of tetrazole rings is 1. The average molecular weight is 455 g/mol. The normalized spacial score (nSPS) is 18.4. The van der Waals surface area contributed by atoms with E-state index in [0.717, 1.165) is 31.3 Å². The first-order valence-electron chi connectivity index (χ1n) is 11.6. The van der Waals surface area contributed by atoms with Gasteiger partial charge in [0, 0.05) is 23.6 Å². The van der Waals surface area contributed by atoms with Crippen molar-refractivity contribution in [1.29, 1.82) is 0 Å². The minimum Gasteiger partial charge on any atom is -0.493 e. The van der Waals surface area contributed by atoms with Gasteiger partial charge in [-0.25, -0.2) is 4.68 Å². The van der Waals surface area contributed by atoms with Crippen LogP contribution in [0.15, 0.2) is 23.0 Å². The van der Waals surface area contributed by atoms with Crippen LogP contribution in [0.25, 0.3) is 10.9 Å². The van der Waals surface area contributed by atoms with Crippen LogP contribution in [0, 0.1) is 5.92 Å². The zero-order valence-electron chi connectivity index (χ0n) is 20.4. The van der Waals surface area contributed by atoms with Gasteiger partial charge < -0.3 is 14.5 Å². The second-order valence-corrected chi connectivity index (χ2v) is 9.61. The highest BCUT2D eigenvalue weighted by molar-refractivity contribution is 5.83. The summed E-state index contributed by atoms with van der Waals surface area (Å²) in [6, 6.07) is 5.28. The topological polar surface area (TPSA) is 98.2 Å². The third kappa shape index (κ3) is 4.34. The number of hydrogen-bond acceptors (Lipinski definition) is 7. The molecule has 3 aromatic rings. The molecule has 9 heteroatoms. The summed E-state index contributed by atoms with van der Waals surface area (Å²) in [5, 5.41) is 13.7. The predicted molar refractivity (Wildman–Crippen MR) is 127 cm³/mol. The highest BCUT2D eigenvalue weighted by Crippen LogP contribution is 2.35. The summed E-state index contributed by atoms with van der Waals surface area (Å²) in [6.07, 6.45) is 3.12. The number of aromatic nitrogens is 5. The van der Waals surface area contributed by atoms with Gasteiger partial charge in [-0.2, -0.15) is 0 Å². The molecule has 1 N–H and O–H groups in total. The van der Waals surface area contributed by atoms with E-state index >= 15 is 0 Å². The van der Waals surface area contributed by atoms with Crippen LogP contribution < -0.4 is 15.0 Å². The lowest BCUT2D eigenvalue weighted by molar-refractivity contribution is 0.135. The van der Waals surface area contributed by atoms with E-state index in [1.807, 2.05) is 16.8 Å². The number of pyridine rings is 1. The van der Waals surface area contributed by atoms with E-state index in [1.54, 1.807) is 20.3 Å². The molecule has 2 atom stereocenters. The molecule has 1 aliphatic heterocycles. The lowest BCUT2D eigenvalue weighted by Crippen LogP contribution is -2.42. The highest BCUT2D eigenvalue weighted by atomic mass is 16.5. The van der Waals surface area contributed by atoms with E-state index in [4.69, 9.17) is 9.47 Å². The largest absolute Gasteiger partial charge is 0.493 e. The van der Waals surface area contributed by atoms with E-state index in [0.29, 0.717) is 34.3 Å². The molecule has 1 aromatic carbocycles. The molecule has 1 fully saturated rings. The number of H-pyrrole nitrogens is 1. The number of fused-ring (bicyclic) bond motifs is 1. The van der Waals surface area contributed by atoms with Crippen molar-refractivity contribution in [3.05, 3.63) is 39.9 Å². The van der Waals surface area contributed by atoms with Crippen LogP contribution in [-0.4, -0.2) is 57.4 Å². The summed E-state index contributed by atoms with van der Waals surface area (Å²) in [5.74, 6) is 2.42. The molecule has 0 saturated carbocycles. The molecule has 0 aliphatic carbocycles. The lowest BCUT2D eigenvalue weighted by atomic mass is 9.94. The third-order valence-electron chi connectivity index (χ3n) is 6.90. The van der Waals surface area contributed by atoms with Crippen molar-refractivity contribution in [2.75, 3.05) is 27.3 Å². The zero-order valence-corrected chi connectivity index (χ0v) is 20.4. The Balaban J connectivity index is 1.92. The van der Waals surface area contributed by atoms with Gasteiger partial charge in [0.05, 0.1) is 25.3 Å². The number of likely N-dealkylation sites (tertiary alicyclic amines) is 1. The molecule has 0 bridgehead atoms. The number of aromatic amines is 1. The molecule has 0 amide bonds. The number of ether oxygens (including phenoxy) is 2. The predicted octanol–water partition coefficient (Wildman–Crippen LogP) is 3.50. The lowest BCUT2D eigenvalue weighted by Gasteiger charge is -2.37. The van der Waals surface area contributed by atoms with Gasteiger partial charge in [-0.1, -0.05) is 13.8 Å². The number of methoxy groups -OCH3 is 2. The quantitative estimate of drug-likeness (QED) is 0.583. The van der Waals surface area contributed by atoms with Crippen molar-refractivity contribution in [2.45, 2.75) is 58.5 Å². The third-order valence-corrected chi connectivity index (χ3v) is 6.90. The van der Waals surface area contributed by atoms with Crippen molar-refractivity contribution in [2.24, 2.45) is 5.92 Å². The first kappa shape index (κ1) is 23.2. The Morgan fingerprint density at radius 2 is 1.94 bits per heavy atom. The maximum absolute atomic E-state index is 13.4. The molecule has 4 rings (SSSR count). The molecule has 0 radical (unpaired) electrons. The minimum atomic E-state index is -0.352. The van der Waals surface area contributed by atoms with Gasteiger partial charge in [-0.05, 0) is 68.1 Å². The van der Waals surface area contributed by atoms with Gasteiger partial charge in [0.1, 0.15) is 6.04 Å². The van der Waals surface area contributed by atoms with E-state index in [9.17, 15) is 4.79 Å². The van der Waals surface area contributed by atoms with E-state index in [-0.39, 0.29) is 17.1 Å². The summed E-state index contributed by atoms with van der Waals surface area (Å²) in [5.41, 5.74) is 0.896. The number of nitrogens with zero attached hydrogens (tertiary/aromatic N) is 5. The van der Waals surface area contributed by atoms with Crippen LogP contribution >= 0.6 is 0 Å². The van der Waals surface area contributed by atoms with Crippen molar-refractivity contribution in [3.63, 3.8) is 0 Å². The molecule has 178 valence electrons. The van der Waals surface area contributed by atoms with Crippen molar-refractivity contribution >= 4 is 10.9 Å². The summed E-state index contributed by atoms with van der Waals surface area (Å²) in [7, 11) is 3.19. The van der Waals surface area contributed by atoms with Crippen molar-refractivity contribution in [1.82, 2.24) is 30.1 Å². The fourth-order valence-corrected chi connectivity index (χ4v) is 4.66. The summed E-state index contributed by atoms with van der Waals surface area (Å²) in [6.45, 7) is 10.4. The number of hydrogen-bond donors (Lipinski definition) is 1. The zero-order chi connectivity index (χ0) is 23.8. The van der Waals surface area contributed by atoms with Gasteiger partial charge in [0.25, 0.3) is 5.56 Å². The summed E-state index contributed by atoms with van der Waals surface area (Å²) >= 11 is 0. The fraction of sp³-hybridized carbons (Fsp3) is 0.583. The van der Waals surface area contributed by atoms with Crippen molar-refractivity contribution in [3.8, 4) is 11.5 Å². The van der Waals surface area contributed by atoms with Crippen LogP contribution in [0.3, 0.4) is 0 Å². The maximum atomic E-state index is 13.4. The SMILES string of the molecule is CCC(C)(C)n1nnnc1C(c1cc2cc(OC)c(OC)cc2[nH]c1=O)N1CCCC(C)C1. The molecule has 1 aliphatic rings. The van der Waals surface area contributed by atoms with Crippen molar-refractivity contribution < 1.29 is 9.47 Å². The molecule has 2 aromatic heterocycles. The highest BCUT2D eigenvalue weighted by Gasteiger charge is 2.35. The van der Waals surface area contributed by atoms with Gasteiger partial charge in [0.2, 0.25) is 0 Å². The van der Waals surface area contributed by atoms with E-state index < -0.39 is 0 Å². The average Bonchev–Trinajstić information content (AvgIpc) is 3.29. The Kier molecular flexibility index (Phi) is 6.43. The maximum Gasteiger partial charge on any atom is 0.253 e. The number of nitrogens with one attached hydrogen (secondary N) is 1. The Bertz CT molecular complexity index is 1180. The smallest absolute Gasteiger partial charge is 0.253 e. The molecular weight excluding hydrogens is 420 g/mol. The monoisotopic (exact) mass is 454 g/mol. The number of benzene rings is 1. The summed E-state index contributed by atoms with van der Waals surface area (Å²) in [4.78, 5) is 18.8. The van der Waals surface area contributed by atoms with Gasteiger partial charge >= 0.3 is 0 Å². The number of piperidine rings is 1. The standard InChI is InChI=1S/C24H34N6O3/c1-7-24(3,4)30-22(26-27-28-30)21(29-10-8-9-15(2)14-29)17-11-16-12-19(32-5)20(33-6)13-18(16)25-23(17)31/h11-13,15,21H,7-10,14H2,1-6H3,(H,25,31). The Morgan fingerprint density at radius 1 is 1.21 bits per heavy atom. The Hall–Kier alpha value is -2.94. The minimum absolute atomic E-state index is 0.151. The molecule has 33 heavy (non-hydrogen) atoms. The van der Waals surface area contributed by atoms with Crippen LogP contribution in [-0.2, 0) is 5.54 Å². The molecular formula is C24H34N6O3. The second kappa shape index (κ2) is 9.13. The van der Waals surface area contributed by atoms with Gasteiger partial charge in [-0.3, -0.25) is 9.69 Å². The molecule has 0 spiro atoms. The Labute approximate surface area is 194 Å². The molecule has 3 heterocycles. The molecule has 9 nitrogen and oxygen atoms in total. The van der Waals surface area contributed by atoms with Gasteiger partial charge in [-0.15, -0.1) is 5.10 Å². The first-order valence-corrected chi connectivity index (χ1v) is 11.6. The van der Waals surface area contributed by atoms with Crippen LogP contribution in [0.1, 0.15) is 64.4 Å². The first-order chi connectivity index (χ1) is 15.8. The Morgan fingerprint density at radius 3 is 2.61 bits per heavy atom. The molecule has 1 saturated heterocycles. The fourth-order valence-electron chi connectivity index (χ4n) is 4.66. The van der Waals surface area contributed by atoms with Gasteiger partial charge in [0.15, 0.2) is 17.3 Å². The van der Waals surface area contributed by atoms with Crippen LogP contribution in [0.5, 0.6) is 11.5 Å². The second-order valence-electron chi connectivity index (χ2n) is 9.61. The van der Waals surface area contributed by atoms with Crippen LogP contribution in [0.2, 0.25) is 0 Å². The number of rotatable bonds is 7. The van der Waals surface area contributed by atoms with E-state index in [2.05, 4.69) is 53.1 Å². The summed E-state index contributed by atoms with van der Waals surface area (Å²) < 4.78 is 12.8.